The quantitative estimate of drug-likeness (QED) is 0.720. The van der Waals surface area contributed by atoms with Gasteiger partial charge in [-0.1, -0.05) is 48.0 Å². The predicted octanol–water partition coefficient (Wildman–Crippen LogP) is 5.63. The summed E-state index contributed by atoms with van der Waals surface area (Å²) in [6.45, 7) is 3.69. The summed E-state index contributed by atoms with van der Waals surface area (Å²) >= 11 is 0. The van der Waals surface area contributed by atoms with Crippen LogP contribution in [0.25, 0.3) is 0 Å². The molecule has 2 aromatic rings. The van der Waals surface area contributed by atoms with E-state index in [0.29, 0.717) is 12.1 Å². The molecule has 0 amide bonds. The van der Waals surface area contributed by atoms with Gasteiger partial charge in [-0.05, 0) is 74.8 Å². The van der Waals surface area contributed by atoms with Gasteiger partial charge in [-0.3, -0.25) is 0 Å². The van der Waals surface area contributed by atoms with Crippen molar-refractivity contribution in [1.82, 2.24) is 5.32 Å². The minimum Gasteiger partial charge on any atom is -0.489 e. The fraction of sp³-hybridized carbons (Fsp3) is 0.520. The maximum atomic E-state index is 6.21. The highest BCUT2D eigenvalue weighted by atomic mass is 16.5. The minimum absolute atomic E-state index is 0.401. The van der Waals surface area contributed by atoms with Gasteiger partial charge in [0.05, 0.1) is 0 Å². The van der Waals surface area contributed by atoms with Crippen LogP contribution in [0.1, 0.15) is 55.2 Å². The van der Waals surface area contributed by atoms with Crippen LogP contribution in [0.15, 0.2) is 48.5 Å². The van der Waals surface area contributed by atoms with E-state index in [2.05, 4.69) is 60.8 Å². The molecule has 4 aliphatic carbocycles. The van der Waals surface area contributed by atoms with E-state index < -0.39 is 0 Å². The van der Waals surface area contributed by atoms with E-state index in [1.165, 1.54) is 55.2 Å². The Morgan fingerprint density at radius 2 is 1.63 bits per heavy atom. The summed E-state index contributed by atoms with van der Waals surface area (Å²) < 4.78 is 6.21. The number of hydrogen-bond donors (Lipinski definition) is 1. The zero-order valence-corrected chi connectivity index (χ0v) is 16.4. The molecule has 0 atom stereocenters. The maximum Gasteiger partial charge on any atom is 0.124 e. The number of rotatable bonds is 6. The Balaban J connectivity index is 1.26. The van der Waals surface area contributed by atoms with Crippen LogP contribution in [-0.4, -0.2) is 5.54 Å². The van der Waals surface area contributed by atoms with Gasteiger partial charge in [-0.25, -0.2) is 0 Å². The van der Waals surface area contributed by atoms with E-state index in [1.54, 1.807) is 0 Å². The highest BCUT2D eigenvalue weighted by Crippen LogP contribution is 2.55. The normalized spacial score (nSPS) is 31.2. The van der Waals surface area contributed by atoms with Gasteiger partial charge in [0.2, 0.25) is 0 Å². The lowest BCUT2D eigenvalue weighted by Crippen LogP contribution is -2.58. The summed E-state index contributed by atoms with van der Waals surface area (Å²) in [7, 11) is 0. The van der Waals surface area contributed by atoms with Crippen molar-refractivity contribution in [3.05, 3.63) is 65.2 Å². The van der Waals surface area contributed by atoms with Gasteiger partial charge in [0.15, 0.2) is 0 Å². The molecule has 1 N–H and O–H groups in total. The van der Waals surface area contributed by atoms with E-state index in [-0.39, 0.29) is 0 Å². The molecule has 0 aromatic heterocycles. The van der Waals surface area contributed by atoms with Gasteiger partial charge >= 0.3 is 0 Å². The second-order valence-corrected chi connectivity index (χ2v) is 9.44. The first-order chi connectivity index (χ1) is 13.2. The topological polar surface area (TPSA) is 21.3 Å². The third-order valence-corrected chi connectivity index (χ3v) is 7.14. The summed E-state index contributed by atoms with van der Waals surface area (Å²) in [6, 6.07) is 17.1. The average Bonchev–Trinajstić information content (AvgIpc) is 2.64. The van der Waals surface area contributed by atoms with Crippen molar-refractivity contribution in [3.8, 4) is 5.75 Å². The Morgan fingerprint density at radius 3 is 2.33 bits per heavy atom. The average molecular weight is 362 g/mol. The first-order valence-electron chi connectivity index (χ1n) is 10.7. The predicted molar refractivity (Wildman–Crippen MR) is 110 cm³/mol. The first kappa shape index (κ1) is 17.3. The van der Waals surface area contributed by atoms with Crippen LogP contribution >= 0.6 is 0 Å². The third kappa shape index (κ3) is 3.65. The highest BCUT2D eigenvalue weighted by molar-refractivity contribution is 5.34. The van der Waals surface area contributed by atoms with E-state index in [9.17, 15) is 0 Å². The molecule has 0 spiro atoms. The Hall–Kier alpha value is -1.80. The second-order valence-electron chi connectivity index (χ2n) is 9.44. The van der Waals surface area contributed by atoms with Crippen LogP contribution in [0.5, 0.6) is 5.75 Å². The van der Waals surface area contributed by atoms with Crippen molar-refractivity contribution < 1.29 is 4.74 Å². The molecule has 142 valence electrons. The molecule has 0 aliphatic heterocycles. The molecule has 4 saturated carbocycles. The molecular formula is C25H31NO. The Morgan fingerprint density at radius 1 is 0.926 bits per heavy atom. The molecule has 2 nitrogen and oxygen atoms in total. The lowest BCUT2D eigenvalue weighted by Gasteiger charge is -2.57. The van der Waals surface area contributed by atoms with Crippen molar-refractivity contribution in [2.24, 2.45) is 17.8 Å². The number of benzene rings is 2. The van der Waals surface area contributed by atoms with Crippen LogP contribution in [0.3, 0.4) is 0 Å². The molecule has 4 fully saturated rings. The largest absolute Gasteiger partial charge is 0.489 e. The molecule has 4 bridgehead atoms. The van der Waals surface area contributed by atoms with E-state index in [0.717, 1.165) is 30.0 Å². The Bertz CT molecular complexity index is 776. The van der Waals surface area contributed by atoms with E-state index in [4.69, 9.17) is 4.74 Å². The van der Waals surface area contributed by atoms with Crippen LogP contribution in [0, 0.1) is 24.7 Å². The first-order valence-corrected chi connectivity index (χ1v) is 10.7. The summed E-state index contributed by atoms with van der Waals surface area (Å²) in [4.78, 5) is 0. The van der Waals surface area contributed by atoms with Crippen molar-refractivity contribution in [2.45, 2.75) is 64.1 Å². The molecule has 2 aromatic carbocycles. The zero-order valence-electron chi connectivity index (χ0n) is 16.4. The molecule has 0 heterocycles. The second kappa shape index (κ2) is 6.98. The summed E-state index contributed by atoms with van der Waals surface area (Å²) in [5, 5.41) is 4.01. The number of aryl methyl sites for hydroxylation is 1. The fourth-order valence-electron chi connectivity index (χ4n) is 6.36. The van der Waals surface area contributed by atoms with Gasteiger partial charge in [-0.2, -0.15) is 0 Å². The fourth-order valence-corrected chi connectivity index (χ4v) is 6.36. The number of ether oxygens (including phenoxy) is 1. The molecule has 6 rings (SSSR count). The van der Waals surface area contributed by atoms with Crippen molar-refractivity contribution in [2.75, 3.05) is 0 Å². The molecule has 0 saturated heterocycles. The van der Waals surface area contributed by atoms with Crippen molar-refractivity contribution in [3.63, 3.8) is 0 Å². The van der Waals surface area contributed by atoms with E-state index in [1.807, 2.05) is 0 Å². The van der Waals surface area contributed by atoms with Gasteiger partial charge in [0, 0.05) is 17.6 Å². The van der Waals surface area contributed by atoms with Crippen molar-refractivity contribution >= 4 is 0 Å². The monoisotopic (exact) mass is 361 g/mol. The number of para-hydroxylation sites is 1. The van der Waals surface area contributed by atoms with Crippen LogP contribution in [0.2, 0.25) is 0 Å². The molecule has 2 heteroatoms. The van der Waals surface area contributed by atoms with Crippen LogP contribution in [0.4, 0.5) is 0 Å². The minimum atomic E-state index is 0.401. The zero-order chi connectivity index (χ0) is 18.3. The molecular weight excluding hydrogens is 330 g/mol. The molecule has 4 aliphatic rings. The molecule has 27 heavy (non-hydrogen) atoms. The van der Waals surface area contributed by atoms with E-state index >= 15 is 0 Å². The smallest absolute Gasteiger partial charge is 0.124 e. The number of nitrogens with one attached hydrogen (secondary N) is 1. The molecule has 0 radical (unpaired) electrons. The number of hydrogen-bond acceptors (Lipinski definition) is 2. The van der Waals surface area contributed by atoms with Gasteiger partial charge in [-0.15, -0.1) is 0 Å². The lowest BCUT2D eigenvalue weighted by atomic mass is 9.53. The summed E-state index contributed by atoms with van der Waals surface area (Å²) in [6.07, 6.45) is 8.67. The Kier molecular flexibility index (Phi) is 4.47. The SMILES string of the molecule is Cc1cccc(COc2ccccc2CNC23CC4CC(CC(C4)C2)C3)c1. The van der Waals surface area contributed by atoms with Crippen molar-refractivity contribution in [1.29, 1.82) is 0 Å². The van der Waals surface area contributed by atoms with Gasteiger partial charge in [0.1, 0.15) is 12.4 Å². The highest BCUT2D eigenvalue weighted by Gasteiger charge is 2.50. The van der Waals surface area contributed by atoms with Gasteiger partial charge < -0.3 is 10.1 Å². The summed E-state index contributed by atoms with van der Waals surface area (Å²) in [5.74, 6) is 3.97. The molecule has 0 unspecified atom stereocenters. The maximum absolute atomic E-state index is 6.21. The third-order valence-electron chi connectivity index (χ3n) is 7.14. The van der Waals surface area contributed by atoms with Crippen LogP contribution < -0.4 is 10.1 Å². The summed E-state index contributed by atoms with van der Waals surface area (Å²) in [5.41, 5.74) is 4.21. The van der Waals surface area contributed by atoms with Crippen LogP contribution in [-0.2, 0) is 13.2 Å². The Labute approximate surface area is 163 Å². The standard InChI is InChI=1S/C25H31NO/c1-18-5-4-6-19(9-18)17-27-24-8-3-2-7-23(24)16-26-25-13-20-10-21(14-25)12-22(11-20)15-25/h2-9,20-22,26H,10-17H2,1H3. The lowest BCUT2D eigenvalue weighted by molar-refractivity contribution is -0.0206. The van der Waals surface area contributed by atoms with Gasteiger partial charge in [0.25, 0.3) is 0 Å².